The molecular formula is C22H26N4OS. The third-order valence-electron chi connectivity index (χ3n) is 5.49. The van der Waals surface area contributed by atoms with Crippen molar-refractivity contribution < 1.29 is 4.74 Å². The summed E-state index contributed by atoms with van der Waals surface area (Å²) in [4.78, 5) is 15.8. The molecule has 4 rings (SSSR count). The zero-order valence-electron chi connectivity index (χ0n) is 16.3. The van der Waals surface area contributed by atoms with Crippen LogP contribution in [0.5, 0.6) is 5.88 Å². The third-order valence-corrected chi connectivity index (χ3v) is 6.27. The number of likely N-dealkylation sites (tertiary alicyclic amines) is 1. The number of aromatic nitrogens is 3. The van der Waals surface area contributed by atoms with Crippen molar-refractivity contribution in [3.63, 3.8) is 0 Å². The van der Waals surface area contributed by atoms with E-state index in [2.05, 4.69) is 32.0 Å². The number of rotatable bonds is 7. The summed E-state index contributed by atoms with van der Waals surface area (Å²) in [6.07, 6.45) is 10.3. The molecule has 0 saturated carbocycles. The molecule has 146 valence electrons. The molecule has 6 heteroatoms. The van der Waals surface area contributed by atoms with Gasteiger partial charge in [0, 0.05) is 36.1 Å². The van der Waals surface area contributed by atoms with Gasteiger partial charge in [-0.15, -0.1) is 11.3 Å². The van der Waals surface area contributed by atoms with Gasteiger partial charge in [-0.1, -0.05) is 12.1 Å². The molecule has 0 atom stereocenters. The van der Waals surface area contributed by atoms with Crippen molar-refractivity contribution in [1.82, 2.24) is 19.9 Å². The lowest BCUT2D eigenvalue weighted by molar-refractivity contribution is 0.170. The topological polar surface area (TPSA) is 51.1 Å². The second-order valence-electron chi connectivity index (χ2n) is 7.28. The minimum atomic E-state index is 0.746. The Kier molecular flexibility index (Phi) is 6.29. The van der Waals surface area contributed by atoms with Crippen molar-refractivity contribution in [3.8, 4) is 16.6 Å². The second-order valence-corrected chi connectivity index (χ2v) is 8.17. The summed E-state index contributed by atoms with van der Waals surface area (Å²) in [7, 11) is 1.69. The van der Waals surface area contributed by atoms with E-state index in [0.29, 0.717) is 0 Å². The van der Waals surface area contributed by atoms with Crippen molar-refractivity contribution in [3.05, 3.63) is 59.4 Å². The number of aryl methyl sites for hydroxylation is 1. The highest BCUT2D eigenvalue weighted by atomic mass is 32.1. The molecule has 3 aromatic rings. The standard InChI is InChI=1S/C22H26N4OS/c1-27-21-19(5-3-11-24-21)16-26-13-8-17(9-14-26)6-7-18-4-2-10-23-20(18)22-25-12-15-28-22/h2-5,10-12,15,17H,6-9,13-14,16H2,1H3. The highest BCUT2D eigenvalue weighted by Crippen LogP contribution is 2.28. The van der Waals surface area contributed by atoms with E-state index in [9.17, 15) is 0 Å². The molecule has 4 heterocycles. The van der Waals surface area contributed by atoms with Gasteiger partial charge in [-0.25, -0.2) is 9.97 Å². The fraction of sp³-hybridized carbons (Fsp3) is 0.409. The lowest BCUT2D eigenvalue weighted by Crippen LogP contribution is -2.33. The molecule has 0 amide bonds. The number of pyridine rings is 2. The number of hydrogen-bond acceptors (Lipinski definition) is 6. The van der Waals surface area contributed by atoms with E-state index in [1.54, 1.807) is 24.6 Å². The lowest BCUT2D eigenvalue weighted by Gasteiger charge is -2.32. The number of hydrogen-bond donors (Lipinski definition) is 0. The smallest absolute Gasteiger partial charge is 0.217 e. The Morgan fingerprint density at radius 3 is 2.57 bits per heavy atom. The fourth-order valence-corrected chi connectivity index (χ4v) is 4.60. The first kappa shape index (κ1) is 19.0. The van der Waals surface area contributed by atoms with Crippen molar-refractivity contribution in [1.29, 1.82) is 0 Å². The average Bonchev–Trinajstić information content (AvgIpc) is 3.29. The number of thiazole rings is 1. The summed E-state index contributed by atoms with van der Waals surface area (Å²) in [6.45, 7) is 3.19. The van der Waals surface area contributed by atoms with Crippen LogP contribution >= 0.6 is 11.3 Å². The molecule has 1 aliphatic rings. The fourth-order valence-electron chi connectivity index (χ4n) is 3.94. The zero-order valence-corrected chi connectivity index (χ0v) is 17.1. The van der Waals surface area contributed by atoms with Crippen LogP contribution in [0.1, 0.15) is 30.4 Å². The minimum Gasteiger partial charge on any atom is -0.481 e. The van der Waals surface area contributed by atoms with Gasteiger partial charge in [0.15, 0.2) is 0 Å². The first-order valence-electron chi connectivity index (χ1n) is 9.87. The van der Waals surface area contributed by atoms with Crippen LogP contribution in [-0.2, 0) is 13.0 Å². The van der Waals surface area contributed by atoms with Crippen molar-refractivity contribution in [2.24, 2.45) is 5.92 Å². The van der Waals surface area contributed by atoms with E-state index in [4.69, 9.17) is 4.74 Å². The summed E-state index contributed by atoms with van der Waals surface area (Å²) >= 11 is 1.66. The predicted molar refractivity (Wildman–Crippen MR) is 112 cm³/mol. The van der Waals surface area contributed by atoms with E-state index >= 15 is 0 Å². The Hall–Kier alpha value is -2.31. The average molecular weight is 395 g/mol. The van der Waals surface area contributed by atoms with Crippen LogP contribution in [0.25, 0.3) is 10.7 Å². The van der Waals surface area contributed by atoms with Gasteiger partial charge < -0.3 is 4.74 Å². The summed E-state index contributed by atoms with van der Waals surface area (Å²) in [5.41, 5.74) is 3.55. The van der Waals surface area contributed by atoms with Crippen molar-refractivity contribution >= 4 is 11.3 Å². The van der Waals surface area contributed by atoms with Crippen LogP contribution < -0.4 is 4.74 Å². The molecule has 0 radical (unpaired) electrons. The zero-order chi connectivity index (χ0) is 19.2. The van der Waals surface area contributed by atoms with Crippen LogP contribution in [-0.4, -0.2) is 40.1 Å². The van der Waals surface area contributed by atoms with E-state index in [0.717, 1.165) is 48.6 Å². The molecule has 5 nitrogen and oxygen atoms in total. The molecule has 1 aliphatic heterocycles. The maximum absolute atomic E-state index is 5.39. The normalized spacial score (nSPS) is 15.6. The van der Waals surface area contributed by atoms with Crippen LogP contribution in [0.2, 0.25) is 0 Å². The highest BCUT2D eigenvalue weighted by molar-refractivity contribution is 7.13. The van der Waals surface area contributed by atoms with Crippen molar-refractivity contribution in [2.45, 2.75) is 32.2 Å². The predicted octanol–water partition coefficient (Wildman–Crippen LogP) is 4.45. The molecule has 1 saturated heterocycles. The van der Waals surface area contributed by atoms with E-state index in [1.807, 2.05) is 29.9 Å². The van der Waals surface area contributed by atoms with Crippen LogP contribution in [0.15, 0.2) is 48.2 Å². The Morgan fingerprint density at radius 2 is 1.82 bits per heavy atom. The molecule has 0 N–H and O–H groups in total. The van der Waals surface area contributed by atoms with Crippen molar-refractivity contribution in [2.75, 3.05) is 20.2 Å². The molecule has 0 aromatic carbocycles. The first-order valence-corrected chi connectivity index (χ1v) is 10.8. The molecule has 3 aromatic heterocycles. The third kappa shape index (κ3) is 4.56. The number of methoxy groups -OCH3 is 1. The Bertz CT molecular complexity index is 876. The molecular weight excluding hydrogens is 368 g/mol. The lowest BCUT2D eigenvalue weighted by atomic mass is 9.90. The van der Waals surface area contributed by atoms with E-state index in [1.165, 1.54) is 30.4 Å². The number of ether oxygens (including phenoxy) is 1. The monoisotopic (exact) mass is 394 g/mol. The van der Waals surface area contributed by atoms with Gasteiger partial charge in [0.2, 0.25) is 5.88 Å². The summed E-state index contributed by atoms with van der Waals surface area (Å²) < 4.78 is 5.39. The van der Waals surface area contributed by atoms with Gasteiger partial charge in [0.05, 0.1) is 7.11 Å². The van der Waals surface area contributed by atoms with Gasteiger partial charge in [0.1, 0.15) is 10.7 Å². The number of nitrogens with zero attached hydrogens (tertiary/aromatic N) is 4. The Balaban J connectivity index is 1.30. The summed E-state index contributed by atoms with van der Waals surface area (Å²) in [5, 5.41) is 3.04. The number of piperidine rings is 1. The maximum Gasteiger partial charge on any atom is 0.217 e. The first-order chi connectivity index (χ1) is 13.8. The maximum atomic E-state index is 5.39. The van der Waals surface area contributed by atoms with Crippen LogP contribution in [0, 0.1) is 5.92 Å². The Labute approximate surface area is 170 Å². The van der Waals surface area contributed by atoms with E-state index in [-0.39, 0.29) is 0 Å². The molecule has 28 heavy (non-hydrogen) atoms. The van der Waals surface area contributed by atoms with Gasteiger partial charge >= 0.3 is 0 Å². The van der Waals surface area contributed by atoms with Gasteiger partial charge in [-0.05, 0) is 62.4 Å². The Morgan fingerprint density at radius 1 is 1.04 bits per heavy atom. The second kappa shape index (κ2) is 9.26. The van der Waals surface area contributed by atoms with Gasteiger partial charge in [-0.3, -0.25) is 9.88 Å². The molecule has 1 fully saturated rings. The SMILES string of the molecule is COc1ncccc1CN1CCC(CCc2cccnc2-c2nccs2)CC1. The molecule has 0 bridgehead atoms. The largest absolute Gasteiger partial charge is 0.481 e. The highest BCUT2D eigenvalue weighted by Gasteiger charge is 2.21. The van der Waals surface area contributed by atoms with Gasteiger partial charge in [0.25, 0.3) is 0 Å². The summed E-state index contributed by atoms with van der Waals surface area (Å²) in [6, 6.07) is 8.34. The molecule has 0 spiro atoms. The van der Waals surface area contributed by atoms with E-state index < -0.39 is 0 Å². The summed E-state index contributed by atoms with van der Waals surface area (Å²) in [5.74, 6) is 1.52. The van der Waals surface area contributed by atoms with Gasteiger partial charge in [-0.2, -0.15) is 0 Å². The quantitative estimate of drug-likeness (QED) is 0.592. The van der Waals surface area contributed by atoms with Crippen LogP contribution in [0.4, 0.5) is 0 Å². The minimum absolute atomic E-state index is 0.746. The van der Waals surface area contributed by atoms with Crippen LogP contribution in [0.3, 0.4) is 0 Å². The molecule has 0 aliphatic carbocycles. The molecule has 0 unspecified atom stereocenters.